The Morgan fingerprint density at radius 3 is 2.10 bits per heavy atom. The van der Waals surface area contributed by atoms with Gasteiger partial charge in [-0.1, -0.05) is 13.0 Å². The molecule has 1 atom stereocenters. The fourth-order valence-corrected chi connectivity index (χ4v) is 2.79. The highest BCUT2D eigenvalue weighted by Gasteiger charge is 2.28. The minimum absolute atomic E-state index is 0.235. The highest BCUT2D eigenvalue weighted by atomic mass is 16.6. The number of methoxy groups -OCH3 is 2. The van der Waals surface area contributed by atoms with E-state index < -0.39 is 23.3 Å². The maximum atomic E-state index is 13.0. The fraction of sp³-hybridized carbons (Fsp3) is 0.583. The molecule has 0 radical (unpaired) electrons. The normalized spacial score (nSPS) is 12.9. The Morgan fingerprint density at radius 2 is 1.61 bits per heavy atom. The monoisotopic (exact) mass is 435 g/mol. The minimum atomic E-state index is -0.660. The average Bonchev–Trinajstić information content (AvgIpc) is 2.64. The van der Waals surface area contributed by atoms with Gasteiger partial charge in [-0.2, -0.15) is 0 Å². The van der Waals surface area contributed by atoms with E-state index in [1.165, 1.54) is 6.08 Å². The summed E-state index contributed by atoms with van der Waals surface area (Å²) in [7, 11) is 3.14. The predicted octanol–water partition coefficient (Wildman–Crippen LogP) is 5.12. The molecule has 31 heavy (non-hydrogen) atoms. The minimum Gasteiger partial charge on any atom is -0.497 e. The molecule has 0 heterocycles. The number of carbonyl (C=O) groups excluding carboxylic acids is 2. The van der Waals surface area contributed by atoms with Crippen LogP contribution in [0.3, 0.4) is 0 Å². The van der Waals surface area contributed by atoms with E-state index in [1.54, 1.807) is 52.0 Å². The largest absolute Gasteiger partial charge is 0.497 e. The molecule has 0 aliphatic rings. The van der Waals surface area contributed by atoms with Crippen molar-refractivity contribution in [3.05, 3.63) is 35.9 Å². The van der Waals surface area contributed by atoms with Gasteiger partial charge in [-0.25, -0.2) is 9.59 Å². The quantitative estimate of drug-likeness (QED) is 0.417. The molecule has 1 rings (SSSR count). The van der Waals surface area contributed by atoms with Gasteiger partial charge in [0, 0.05) is 17.7 Å². The Bertz CT molecular complexity index is 773. The second-order valence-electron chi connectivity index (χ2n) is 9.15. The van der Waals surface area contributed by atoms with Crippen LogP contribution in [0.5, 0.6) is 11.5 Å². The molecular formula is C24H37NO6. The Kier molecular flexibility index (Phi) is 9.40. The number of hydrogen-bond acceptors (Lipinski definition) is 6. The van der Waals surface area contributed by atoms with E-state index in [9.17, 15) is 9.59 Å². The van der Waals surface area contributed by atoms with Gasteiger partial charge in [0.1, 0.15) is 22.7 Å². The second kappa shape index (κ2) is 11.1. The summed E-state index contributed by atoms with van der Waals surface area (Å²) in [5.74, 6) is 0.789. The van der Waals surface area contributed by atoms with E-state index >= 15 is 0 Å². The van der Waals surface area contributed by atoms with Gasteiger partial charge in [-0.15, -0.1) is 0 Å². The van der Waals surface area contributed by atoms with E-state index in [0.29, 0.717) is 17.9 Å². The molecule has 1 amide bonds. The standard InChI is InChI=1S/C24H37NO6/c1-10-18(12-14-21(26)30-23(2,3)4)25(22(27)31-24(5,6)7)16-17-11-13-19(28-8)15-20(17)29-9/h11-15,18H,10,16H2,1-9H3/b14-12-. The fourth-order valence-electron chi connectivity index (χ4n) is 2.79. The molecule has 7 heteroatoms. The van der Waals surface area contributed by atoms with Crippen molar-refractivity contribution < 1.29 is 28.5 Å². The highest BCUT2D eigenvalue weighted by molar-refractivity contribution is 5.82. The summed E-state index contributed by atoms with van der Waals surface area (Å²) in [6, 6.07) is 5.04. The summed E-state index contributed by atoms with van der Waals surface area (Å²) in [4.78, 5) is 26.8. The van der Waals surface area contributed by atoms with E-state index in [4.69, 9.17) is 18.9 Å². The number of carbonyl (C=O) groups is 2. The Hall–Kier alpha value is -2.70. The van der Waals surface area contributed by atoms with Crippen molar-refractivity contribution in [2.75, 3.05) is 14.2 Å². The Labute approximate surface area is 186 Å². The maximum absolute atomic E-state index is 13.0. The van der Waals surface area contributed by atoms with Gasteiger partial charge in [0.25, 0.3) is 0 Å². The summed E-state index contributed by atoms with van der Waals surface area (Å²) >= 11 is 0. The van der Waals surface area contributed by atoms with Gasteiger partial charge in [0.15, 0.2) is 0 Å². The topological polar surface area (TPSA) is 74.3 Å². The third-order valence-electron chi connectivity index (χ3n) is 4.14. The summed E-state index contributed by atoms with van der Waals surface area (Å²) < 4.78 is 21.7. The molecule has 0 aromatic heterocycles. The van der Waals surface area contributed by atoms with Gasteiger partial charge in [-0.05, 0) is 60.1 Å². The molecular weight excluding hydrogens is 398 g/mol. The average molecular weight is 436 g/mol. The van der Waals surface area contributed by atoms with Crippen LogP contribution in [0.25, 0.3) is 0 Å². The van der Waals surface area contributed by atoms with Crippen LogP contribution in [0.15, 0.2) is 30.4 Å². The lowest BCUT2D eigenvalue weighted by Crippen LogP contribution is -2.42. The molecule has 0 saturated carbocycles. The molecule has 0 spiro atoms. The number of benzene rings is 1. The Balaban J connectivity index is 3.23. The first-order valence-corrected chi connectivity index (χ1v) is 10.4. The zero-order valence-corrected chi connectivity index (χ0v) is 20.3. The number of nitrogens with zero attached hydrogens (tertiary/aromatic N) is 1. The smallest absolute Gasteiger partial charge is 0.411 e. The molecule has 174 valence electrons. The van der Waals surface area contributed by atoms with Crippen molar-refractivity contribution in [2.45, 2.75) is 78.7 Å². The van der Waals surface area contributed by atoms with Crippen molar-refractivity contribution >= 4 is 12.1 Å². The molecule has 1 aromatic rings. The number of ether oxygens (including phenoxy) is 4. The van der Waals surface area contributed by atoms with Gasteiger partial charge < -0.3 is 18.9 Å². The predicted molar refractivity (Wildman–Crippen MR) is 120 cm³/mol. The second-order valence-corrected chi connectivity index (χ2v) is 9.15. The van der Waals surface area contributed by atoms with Crippen LogP contribution in [0.4, 0.5) is 4.79 Å². The van der Waals surface area contributed by atoms with Gasteiger partial charge in [0.2, 0.25) is 0 Å². The van der Waals surface area contributed by atoms with Crippen LogP contribution >= 0.6 is 0 Å². The van der Waals surface area contributed by atoms with Crippen LogP contribution in [0.1, 0.15) is 60.5 Å². The maximum Gasteiger partial charge on any atom is 0.411 e. The number of rotatable bonds is 8. The van der Waals surface area contributed by atoms with Crippen LogP contribution in [-0.4, -0.2) is 48.4 Å². The van der Waals surface area contributed by atoms with Crippen LogP contribution in [0.2, 0.25) is 0 Å². The SMILES string of the molecule is CCC(/C=C\C(=O)OC(C)(C)C)N(Cc1ccc(OC)cc1OC)C(=O)OC(C)(C)C. The van der Waals surface area contributed by atoms with Crippen LogP contribution in [-0.2, 0) is 20.8 Å². The lowest BCUT2D eigenvalue weighted by molar-refractivity contribution is -0.148. The Morgan fingerprint density at radius 1 is 1.00 bits per heavy atom. The summed E-state index contributed by atoms with van der Waals surface area (Å²) in [5.41, 5.74) is -0.463. The highest BCUT2D eigenvalue weighted by Crippen LogP contribution is 2.27. The molecule has 7 nitrogen and oxygen atoms in total. The number of hydrogen-bond donors (Lipinski definition) is 0. The summed E-state index contributed by atoms with van der Waals surface area (Å²) in [6.07, 6.45) is 3.14. The van der Waals surface area contributed by atoms with E-state index in [0.717, 1.165) is 5.56 Å². The third-order valence-corrected chi connectivity index (χ3v) is 4.14. The van der Waals surface area contributed by atoms with Crippen LogP contribution in [0, 0.1) is 0 Å². The molecule has 0 aliphatic carbocycles. The van der Waals surface area contributed by atoms with Crippen molar-refractivity contribution in [1.29, 1.82) is 0 Å². The van der Waals surface area contributed by atoms with E-state index in [-0.39, 0.29) is 12.6 Å². The molecule has 0 N–H and O–H groups in total. The van der Waals surface area contributed by atoms with Crippen molar-refractivity contribution in [3.63, 3.8) is 0 Å². The first kappa shape index (κ1) is 26.3. The zero-order chi connectivity index (χ0) is 23.8. The summed E-state index contributed by atoms with van der Waals surface area (Å²) in [5, 5.41) is 0. The number of amides is 1. The number of esters is 1. The van der Waals surface area contributed by atoms with Crippen molar-refractivity contribution in [3.8, 4) is 11.5 Å². The molecule has 1 aromatic carbocycles. The lowest BCUT2D eigenvalue weighted by atomic mass is 10.1. The van der Waals surface area contributed by atoms with Crippen molar-refractivity contribution in [1.82, 2.24) is 4.90 Å². The van der Waals surface area contributed by atoms with E-state index in [1.807, 2.05) is 39.8 Å². The molecule has 0 saturated heterocycles. The van der Waals surface area contributed by atoms with Gasteiger partial charge >= 0.3 is 12.1 Å². The van der Waals surface area contributed by atoms with Gasteiger partial charge in [-0.3, -0.25) is 4.90 Å². The molecule has 0 aliphatic heterocycles. The zero-order valence-electron chi connectivity index (χ0n) is 20.3. The summed E-state index contributed by atoms with van der Waals surface area (Å²) in [6.45, 7) is 13.0. The first-order valence-electron chi connectivity index (χ1n) is 10.4. The lowest BCUT2D eigenvalue weighted by Gasteiger charge is -2.32. The van der Waals surface area contributed by atoms with Gasteiger partial charge in [0.05, 0.1) is 26.8 Å². The third kappa shape index (κ3) is 9.32. The van der Waals surface area contributed by atoms with Crippen LogP contribution < -0.4 is 9.47 Å². The first-order chi connectivity index (χ1) is 14.3. The van der Waals surface area contributed by atoms with E-state index in [2.05, 4.69) is 0 Å². The molecule has 1 unspecified atom stereocenters. The molecule has 0 bridgehead atoms. The van der Waals surface area contributed by atoms with Crippen molar-refractivity contribution in [2.24, 2.45) is 0 Å². The molecule has 0 fully saturated rings.